The summed E-state index contributed by atoms with van der Waals surface area (Å²) < 4.78 is 54.2. The molecule has 1 N–H and O–H groups in total. The fraction of sp³-hybridized carbons (Fsp3) is 0.333. The Balaban J connectivity index is 2.07. The van der Waals surface area contributed by atoms with E-state index in [-0.39, 0.29) is 28.4 Å². The van der Waals surface area contributed by atoms with Gasteiger partial charge in [-0.05, 0) is 50.6 Å². The van der Waals surface area contributed by atoms with Gasteiger partial charge in [0.05, 0.1) is 24.8 Å². The third-order valence-corrected chi connectivity index (χ3v) is 8.33. The molecule has 3 rings (SSSR count). The van der Waals surface area contributed by atoms with Gasteiger partial charge in [-0.1, -0.05) is 42.8 Å². The van der Waals surface area contributed by atoms with Gasteiger partial charge in [0.2, 0.25) is 11.8 Å². The van der Waals surface area contributed by atoms with Gasteiger partial charge in [-0.25, -0.2) is 12.8 Å². The molecule has 0 unspecified atom stereocenters. The minimum atomic E-state index is -4.32. The molecule has 0 aromatic heterocycles. The lowest BCUT2D eigenvalue weighted by Gasteiger charge is -2.32. The molecule has 2 amide bonds. The van der Waals surface area contributed by atoms with Gasteiger partial charge in [0.15, 0.2) is 11.5 Å². The van der Waals surface area contributed by atoms with Crippen LogP contribution in [0, 0.1) is 12.7 Å². The van der Waals surface area contributed by atoms with E-state index in [1.807, 2.05) is 13.8 Å². The lowest BCUT2D eigenvalue weighted by atomic mass is 10.1. The van der Waals surface area contributed by atoms with Gasteiger partial charge in [0, 0.05) is 24.7 Å². The molecule has 0 bridgehead atoms. The maximum absolute atomic E-state index is 14.6. The van der Waals surface area contributed by atoms with Crippen LogP contribution in [0.15, 0.2) is 71.6 Å². The Kier molecular flexibility index (Phi) is 10.7. The second kappa shape index (κ2) is 14.0. The quantitative estimate of drug-likeness (QED) is 0.321. The summed E-state index contributed by atoms with van der Waals surface area (Å²) in [7, 11) is -1.49. The lowest BCUT2D eigenvalue weighted by molar-refractivity contribution is -0.139. The van der Waals surface area contributed by atoms with Crippen molar-refractivity contribution in [1.29, 1.82) is 0 Å². The van der Waals surface area contributed by atoms with Crippen molar-refractivity contribution in [2.75, 3.05) is 31.6 Å². The normalized spacial score (nSPS) is 11.9. The molecule has 0 aliphatic rings. The van der Waals surface area contributed by atoms with E-state index >= 15 is 0 Å². The van der Waals surface area contributed by atoms with Gasteiger partial charge in [0.1, 0.15) is 18.4 Å². The largest absolute Gasteiger partial charge is 0.493 e. The number of anilines is 1. The molecule has 41 heavy (non-hydrogen) atoms. The molecule has 0 saturated heterocycles. The highest BCUT2D eigenvalue weighted by Gasteiger charge is 2.33. The second-order valence-electron chi connectivity index (χ2n) is 9.44. The van der Waals surface area contributed by atoms with Crippen LogP contribution in [0.1, 0.15) is 31.4 Å². The SMILES string of the molecule is CCCNC(=O)[C@@H](C)N(Cc1ccccc1F)C(=O)CN(c1ccc(C)cc1)S(=O)(=O)c1ccc(OC)c(OC)c1. The Bertz CT molecular complexity index is 1460. The summed E-state index contributed by atoms with van der Waals surface area (Å²) in [5, 5.41) is 2.75. The molecule has 0 aliphatic heterocycles. The predicted octanol–water partition coefficient (Wildman–Crippen LogP) is 4.29. The molecule has 0 radical (unpaired) electrons. The Morgan fingerprint density at radius 1 is 0.976 bits per heavy atom. The van der Waals surface area contributed by atoms with Crippen LogP contribution in [-0.2, 0) is 26.2 Å². The topological polar surface area (TPSA) is 105 Å². The summed E-state index contributed by atoms with van der Waals surface area (Å²) in [6.07, 6.45) is 0.685. The van der Waals surface area contributed by atoms with E-state index in [4.69, 9.17) is 9.47 Å². The van der Waals surface area contributed by atoms with Crippen molar-refractivity contribution in [3.8, 4) is 11.5 Å². The van der Waals surface area contributed by atoms with Gasteiger partial charge in [-0.3, -0.25) is 13.9 Å². The van der Waals surface area contributed by atoms with Crippen LogP contribution in [0.4, 0.5) is 10.1 Å². The van der Waals surface area contributed by atoms with Crippen LogP contribution in [0.3, 0.4) is 0 Å². The number of benzene rings is 3. The summed E-state index contributed by atoms with van der Waals surface area (Å²) in [4.78, 5) is 27.9. The van der Waals surface area contributed by atoms with Crippen molar-refractivity contribution in [2.45, 2.75) is 44.7 Å². The summed E-state index contributed by atoms with van der Waals surface area (Å²) in [5.41, 5.74) is 1.33. The van der Waals surface area contributed by atoms with Crippen LogP contribution in [0.25, 0.3) is 0 Å². The third kappa shape index (κ3) is 7.55. The summed E-state index contributed by atoms with van der Waals surface area (Å²) in [6.45, 7) is 4.81. The zero-order valence-electron chi connectivity index (χ0n) is 23.9. The fourth-order valence-corrected chi connectivity index (χ4v) is 5.56. The number of sulfonamides is 1. The standard InChI is InChI=1S/C30H36FN3O6S/c1-6-17-32-30(36)22(3)33(19-23-9-7-8-10-26(23)31)29(35)20-34(24-13-11-21(2)12-14-24)41(37,38)25-15-16-27(39-4)28(18-25)40-5/h7-16,18,22H,6,17,19-20H2,1-5H3,(H,32,36)/t22-/m1/s1. The molecule has 0 saturated carbocycles. The highest BCUT2D eigenvalue weighted by molar-refractivity contribution is 7.92. The van der Waals surface area contributed by atoms with E-state index in [9.17, 15) is 22.4 Å². The van der Waals surface area contributed by atoms with Gasteiger partial charge in [0.25, 0.3) is 10.0 Å². The highest BCUT2D eigenvalue weighted by atomic mass is 32.2. The minimum Gasteiger partial charge on any atom is -0.493 e. The number of nitrogens with zero attached hydrogens (tertiary/aromatic N) is 2. The highest BCUT2D eigenvalue weighted by Crippen LogP contribution is 2.32. The van der Waals surface area contributed by atoms with E-state index in [1.54, 1.807) is 30.3 Å². The zero-order valence-corrected chi connectivity index (χ0v) is 24.7. The molecule has 0 spiro atoms. The third-order valence-electron chi connectivity index (χ3n) is 6.56. The number of rotatable bonds is 13. The molecule has 11 heteroatoms. The number of halogens is 1. The van der Waals surface area contributed by atoms with Crippen molar-refractivity contribution < 1.29 is 31.9 Å². The van der Waals surface area contributed by atoms with Crippen molar-refractivity contribution in [1.82, 2.24) is 10.2 Å². The monoisotopic (exact) mass is 585 g/mol. The maximum atomic E-state index is 14.6. The van der Waals surface area contributed by atoms with Crippen molar-refractivity contribution in [3.63, 3.8) is 0 Å². The first-order valence-corrected chi connectivity index (χ1v) is 14.6. The molecule has 0 aliphatic carbocycles. The number of aryl methyl sites for hydroxylation is 1. The van der Waals surface area contributed by atoms with Crippen LogP contribution in [0.2, 0.25) is 0 Å². The number of hydrogen-bond acceptors (Lipinski definition) is 6. The van der Waals surface area contributed by atoms with E-state index in [2.05, 4.69) is 5.32 Å². The average molecular weight is 586 g/mol. The first kappa shape index (κ1) is 31.4. The summed E-state index contributed by atoms with van der Waals surface area (Å²) in [6, 6.07) is 15.7. The number of carbonyl (C=O) groups is 2. The van der Waals surface area contributed by atoms with Gasteiger partial charge >= 0.3 is 0 Å². The number of methoxy groups -OCH3 is 2. The smallest absolute Gasteiger partial charge is 0.264 e. The fourth-order valence-electron chi connectivity index (χ4n) is 4.13. The maximum Gasteiger partial charge on any atom is 0.264 e. The molecule has 0 heterocycles. The molecule has 0 fully saturated rings. The van der Waals surface area contributed by atoms with Crippen LogP contribution < -0.4 is 19.1 Å². The second-order valence-corrected chi connectivity index (χ2v) is 11.3. The number of amides is 2. The number of carbonyl (C=O) groups excluding carboxylic acids is 2. The Labute approximate surface area is 240 Å². The van der Waals surface area contributed by atoms with Gasteiger partial charge in [-0.15, -0.1) is 0 Å². The Hall–Kier alpha value is -4.12. The number of ether oxygens (including phenoxy) is 2. The van der Waals surface area contributed by atoms with E-state index in [0.29, 0.717) is 18.7 Å². The van der Waals surface area contributed by atoms with Crippen molar-refractivity contribution in [2.24, 2.45) is 0 Å². The first-order valence-electron chi connectivity index (χ1n) is 13.2. The van der Waals surface area contributed by atoms with Crippen molar-refractivity contribution in [3.05, 3.63) is 83.7 Å². The summed E-state index contributed by atoms with van der Waals surface area (Å²) >= 11 is 0. The predicted molar refractivity (Wildman–Crippen MR) is 155 cm³/mol. The van der Waals surface area contributed by atoms with Gasteiger partial charge < -0.3 is 19.7 Å². The van der Waals surface area contributed by atoms with Gasteiger partial charge in [-0.2, -0.15) is 0 Å². The molecular formula is C30H36FN3O6S. The van der Waals surface area contributed by atoms with Crippen LogP contribution in [-0.4, -0.2) is 58.5 Å². The Morgan fingerprint density at radius 3 is 2.24 bits per heavy atom. The van der Waals surface area contributed by atoms with E-state index in [0.717, 1.165) is 9.87 Å². The lowest BCUT2D eigenvalue weighted by Crippen LogP contribution is -2.51. The van der Waals surface area contributed by atoms with E-state index < -0.39 is 40.2 Å². The van der Waals surface area contributed by atoms with Crippen LogP contribution in [0.5, 0.6) is 11.5 Å². The minimum absolute atomic E-state index is 0.127. The van der Waals surface area contributed by atoms with Crippen LogP contribution >= 0.6 is 0 Å². The molecular weight excluding hydrogens is 549 g/mol. The Morgan fingerprint density at radius 2 is 1.63 bits per heavy atom. The van der Waals surface area contributed by atoms with E-state index in [1.165, 1.54) is 62.4 Å². The van der Waals surface area contributed by atoms with Crippen molar-refractivity contribution >= 4 is 27.5 Å². The molecule has 1 atom stereocenters. The zero-order chi connectivity index (χ0) is 30.2. The molecule has 220 valence electrons. The molecule has 3 aromatic rings. The number of hydrogen-bond donors (Lipinski definition) is 1. The molecule has 3 aromatic carbocycles. The molecule has 9 nitrogen and oxygen atoms in total. The number of nitrogens with one attached hydrogen (secondary N) is 1. The summed E-state index contributed by atoms with van der Waals surface area (Å²) in [5.74, 6) is -1.11. The first-order chi connectivity index (χ1) is 19.5. The average Bonchev–Trinajstić information content (AvgIpc) is 2.97.